The van der Waals surface area contributed by atoms with Crippen molar-refractivity contribution < 1.29 is 4.79 Å². The number of amides is 1. The van der Waals surface area contributed by atoms with Gasteiger partial charge in [-0.3, -0.25) is 20.1 Å². The zero-order valence-corrected chi connectivity index (χ0v) is 22.0. The Balaban J connectivity index is 1.34. The molecule has 9 heteroatoms. The number of anilines is 1. The van der Waals surface area contributed by atoms with Gasteiger partial charge in [-0.25, -0.2) is 5.01 Å². The van der Waals surface area contributed by atoms with Gasteiger partial charge in [0.2, 0.25) is 0 Å². The summed E-state index contributed by atoms with van der Waals surface area (Å²) in [5, 5.41) is 10.3. The summed E-state index contributed by atoms with van der Waals surface area (Å²) in [6, 6.07) is 13.5. The molecule has 2 unspecified atom stereocenters. The summed E-state index contributed by atoms with van der Waals surface area (Å²) in [5.74, 6) is -0.332. The van der Waals surface area contributed by atoms with Crippen molar-refractivity contribution >= 4 is 52.1 Å². The maximum absolute atomic E-state index is 13.4. The van der Waals surface area contributed by atoms with Gasteiger partial charge in [-0.05, 0) is 48.7 Å². The monoisotopic (exact) mass is 533 g/mol. The van der Waals surface area contributed by atoms with Gasteiger partial charge in [-0.2, -0.15) is 5.10 Å². The topological polar surface area (TPSA) is 51.2 Å². The molecule has 0 spiro atoms. The standard InChI is InChI=1S/C26H30Cl3N5O/c1-17-24(26(35)31-33-14-12-32(13-15-33)21-4-2-3-5-21)30-34(23-11-10-20(28)16-22(23)29)25(17)18-6-8-19(27)9-7-18/h6-11,16-17,21,25H,2-5,12-15H2,1H3,(H,31,35). The first-order valence-electron chi connectivity index (χ1n) is 12.3. The lowest BCUT2D eigenvalue weighted by molar-refractivity contribution is -0.120. The van der Waals surface area contributed by atoms with E-state index in [-0.39, 0.29) is 17.9 Å². The highest BCUT2D eigenvalue weighted by Gasteiger charge is 2.40. The Kier molecular flexibility index (Phi) is 7.56. The molecule has 2 heterocycles. The van der Waals surface area contributed by atoms with Crippen LogP contribution in [0.2, 0.25) is 15.1 Å². The molecule has 0 radical (unpaired) electrons. The zero-order chi connectivity index (χ0) is 24.5. The Labute approximate surface area is 221 Å². The fourth-order valence-corrected chi connectivity index (χ4v) is 6.13. The van der Waals surface area contributed by atoms with Crippen LogP contribution in [-0.2, 0) is 4.79 Å². The van der Waals surface area contributed by atoms with E-state index in [0.29, 0.717) is 32.5 Å². The number of nitrogens with zero attached hydrogens (tertiary/aromatic N) is 4. The lowest BCUT2D eigenvalue weighted by Gasteiger charge is -2.38. The second-order valence-electron chi connectivity index (χ2n) is 9.61. The Morgan fingerprint density at radius 2 is 1.60 bits per heavy atom. The summed E-state index contributed by atoms with van der Waals surface area (Å²) in [6.45, 7) is 5.62. The number of rotatable bonds is 5. The van der Waals surface area contributed by atoms with Crippen LogP contribution in [0, 0.1) is 5.92 Å². The third-order valence-corrected chi connectivity index (χ3v) is 8.19. The molecule has 2 aliphatic heterocycles. The fourth-order valence-electron chi connectivity index (χ4n) is 5.51. The smallest absolute Gasteiger partial charge is 0.282 e. The van der Waals surface area contributed by atoms with Crippen molar-refractivity contribution in [3.8, 4) is 0 Å². The van der Waals surface area contributed by atoms with E-state index >= 15 is 0 Å². The van der Waals surface area contributed by atoms with E-state index in [2.05, 4.69) is 10.3 Å². The van der Waals surface area contributed by atoms with Gasteiger partial charge < -0.3 is 0 Å². The van der Waals surface area contributed by atoms with Crippen LogP contribution in [-0.4, -0.2) is 53.7 Å². The van der Waals surface area contributed by atoms with Crippen LogP contribution in [0.5, 0.6) is 0 Å². The van der Waals surface area contributed by atoms with Crippen molar-refractivity contribution in [1.82, 2.24) is 15.3 Å². The summed E-state index contributed by atoms with van der Waals surface area (Å²) >= 11 is 18.8. The van der Waals surface area contributed by atoms with E-state index in [1.807, 2.05) is 47.3 Å². The minimum absolute atomic E-state index is 0.164. The minimum Gasteiger partial charge on any atom is -0.298 e. The SMILES string of the molecule is CC1C(C(=O)NN2CCN(C3CCCC3)CC2)=NN(c2ccc(Cl)cc2Cl)C1c1ccc(Cl)cc1. The van der Waals surface area contributed by atoms with Crippen LogP contribution >= 0.6 is 34.8 Å². The maximum atomic E-state index is 13.4. The second-order valence-corrected chi connectivity index (χ2v) is 10.9. The Hall–Kier alpha value is -1.83. The summed E-state index contributed by atoms with van der Waals surface area (Å²) in [7, 11) is 0. The van der Waals surface area contributed by atoms with E-state index in [1.165, 1.54) is 25.7 Å². The number of carbonyl (C=O) groups excluding carboxylic acids is 1. The highest BCUT2D eigenvalue weighted by Crippen LogP contribution is 2.42. The summed E-state index contributed by atoms with van der Waals surface area (Å²) in [5.41, 5.74) is 5.30. The Morgan fingerprint density at radius 1 is 0.943 bits per heavy atom. The number of halogens is 3. The zero-order valence-electron chi connectivity index (χ0n) is 19.8. The number of piperazine rings is 1. The van der Waals surface area contributed by atoms with E-state index in [4.69, 9.17) is 39.9 Å². The highest BCUT2D eigenvalue weighted by molar-refractivity contribution is 6.41. The molecule has 6 nitrogen and oxygen atoms in total. The van der Waals surface area contributed by atoms with E-state index in [9.17, 15) is 4.79 Å². The van der Waals surface area contributed by atoms with Crippen LogP contribution in [0.15, 0.2) is 47.6 Å². The largest absolute Gasteiger partial charge is 0.298 e. The van der Waals surface area contributed by atoms with Crippen molar-refractivity contribution in [2.75, 3.05) is 31.2 Å². The molecule has 5 rings (SSSR count). The lowest BCUT2D eigenvalue weighted by atomic mass is 9.91. The normalized spacial score (nSPS) is 24.1. The van der Waals surface area contributed by atoms with E-state index < -0.39 is 0 Å². The quantitative estimate of drug-likeness (QED) is 0.527. The predicted octanol–water partition coefficient (Wildman–Crippen LogP) is 5.79. The third-order valence-electron chi connectivity index (χ3n) is 7.40. The molecule has 1 N–H and O–H groups in total. The molecule has 186 valence electrons. The number of nitrogens with one attached hydrogen (secondary N) is 1. The van der Waals surface area contributed by atoms with Crippen molar-refractivity contribution in [2.45, 2.75) is 44.7 Å². The number of hydrazone groups is 1. The highest BCUT2D eigenvalue weighted by atomic mass is 35.5. The number of hydrogen-bond acceptors (Lipinski definition) is 5. The number of carbonyl (C=O) groups is 1. The molecule has 2 atom stereocenters. The molecule has 2 aromatic carbocycles. The van der Waals surface area contributed by atoms with Crippen LogP contribution in [0.4, 0.5) is 5.69 Å². The average Bonchev–Trinajstić information content (AvgIpc) is 3.49. The molecule has 0 aromatic heterocycles. The predicted molar refractivity (Wildman–Crippen MR) is 143 cm³/mol. The van der Waals surface area contributed by atoms with Gasteiger partial charge in [0.1, 0.15) is 5.71 Å². The van der Waals surface area contributed by atoms with Crippen molar-refractivity contribution in [1.29, 1.82) is 0 Å². The first kappa shape index (κ1) is 24.8. The molecular formula is C26H30Cl3N5O. The van der Waals surface area contributed by atoms with Gasteiger partial charge in [0.15, 0.2) is 0 Å². The summed E-state index contributed by atoms with van der Waals surface area (Å²) in [6.07, 6.45) is 5.27. The third kappa shape index (κ3) is 5.32. The van der Waals surface area contributed by atoms with Gasteiger partial charge in [-0.15, -0.1) is 0 Å². The van der Waals surface area contributed by atoms with E-state index in [1.54, 1.807) is 12.1 Å². The Morgan fingerprint density at radius 3 is 2.26 bits per heavy atom. The fraction of sp³-hybridized carbons (Fsp3) is 0.462. The van der Waals surface area contributed by atoms with Crippen molar-refractivity contribution in [3.05, 3.63) is 63.1 Å². The van der Waals surface area contributed by atoms with Gasteiger partial charge in [0.05, 0.1) is 16.8 Å². The van der Waals surface area contributed by atoms with Gasteiger partial charge >= 0.3 is 0 Å². The number of hydrogen-bond donors (Lipinski definition) is 1. The molecule has 1 saturated carbocycles. The van der Waals surface area contributed by atoms with E-state index in [0.717, 1.165) is 31.7 Å². The molecule has 1 saturated heterocycles. The van der Waals surface area contributed by atoms with Gasteiger partial charge in [0.25, 0.3) is 5.91 Å². The molecule has 0 bridgehead atoms. The summed E-state index contributed by atoms with van der Waals surface area (Å²) < 4.78 is 0. The average molecular weight is 535 g/mol. The van der Waals surface area contributed by atoms with Gasteiger partial charge in [0, 0.05) is 48.2 Å². The van der Waals surface area contributed by atoms with Crippen LogP contribution in [0.3, 0.4) is 0 Å². The summed E-state index contributed by atoms with van der Waals surface area (Å²) in [4.78, 5) is 16.0. The number of hydrazine groups is 1. The molecule has 1 aliphatic carbocycles. The van der Waals surface area contributed by atoms with Crippen LogP contribution < -0.4 is 10.4 Å². The molecule has 2 fully saturated rings. The molecule has 1 amide bonds. The molecular weight excluding hydrogens is 505 g/mol. The van der Waals surface area contributed by atoms with Crippen molar-refractivity contribution in [2.24, 2.45) is 11.0 Å². The molecule has 2 aromatic rings. The second kappa shape index (κ2) is 10.7. The van der Waals surface area contributed by atoms with Crippen LogP contribution in [0.25, 0.3) is 0 Å². The van der Waals surface area contributed by atoms with Gasteiger partial charge in [-0.1, -0.05) is 66.7 Å². The number of benzene rings is 2. The first-order valence-corrected chi connectivity index (χ1v) is 13.4. The first-order chi connectivity index (χ1) is 16.9. The molecule has 3 aliphatic rings. The minimum atomic E-state index is -0.203. The lowest BCUT2D eigenvalue weighted by Crippen LogP contribution is -2.56. The van der Waals surface area contributed by atoms with Crippen molar-refractivity contribution in [3.63, 3.8) is 0 Å². The van der Waals surface area contributed by atoms with Crippen LogP contribution in [0.1, 0.15) is 44.2 Å². The Bertz CT molecular complexity index is 1090. The molecule has 35 heavy (non-hydrogen) atoms. The maximum Gasteiger partial charge on any atom is 0.282 e.